The molecule has 5 heteroatoms. The van der Waals surface area contributed by atoms with Gasteiger partial charge in [0.25, 0.3) is 0 Å². The highest BCUT2D eigenvalue weighted by Gasteiger charge is 2.49. The van der Waals surface area contributed by atoms with Crippen molar-refractivity contribution < 1.29 is 19.1 Å². The molecule has 2 fully saturated rings. The summed E-state index contributed by atoms with van der Waals surface area (Å²) >= 11 is 0. The normalized spacial score (nSPS) is 24.1. The Hall–Kier alpha value is -1.10. The van der Waals surface area contributed by atoms with Crippen LogP contribution in [0.5, 0.6) is 0 Å². The number of hydrogen-bond donors (Lipinski definition) is 1. The van der Waals surface area contributed by atoms with Crippen molar-refractivity contribution in [1.82, 2.24) is 0 Å². The van der Waals surface area contributed by atoms with Crippen molar-refractivity contribution in [1.29, 1.82) is 0 Å². The fraction of sp³-hybridized carbons (Fsp3) is 0.789. The maximum absolute atomic E-state index is 12.8. The van der Waals surface area contributed by atoms with Crippen LogP contribution in [-0.4, -0.2) is 27.5 Å². The second-order valence-electron chi connectivity index (χ2n) is 7.73. The number of allylic oxidation sites excluding steroid dienone is 1. The van der Waals surface area contributed by atoms with Crippen LogP contribution < -0.4 is 0 Å². The summed E-state index contributed by atoms with van der Waals surface area (Å²) < 4.78 is 5.24. The quantitative estimate of drug-likeness (QED) is 0.608. The van der Waals surface area contributed by atoms with E-state index in [9.17, 15) is 14.7 Å². The van der Waals surface area contributed by atoms with Gasteiger partial charge in [-0.05, 0) is 51.4 Å². The molecule has 1 unspecified atom stereocenters. The molecule has 0 aromatic carbocycles. The first kappa shape index (κ1) is 19.2. The van der Waals surface area contributed by atoms with Crippen molar-refractivity contribution in [2.75, 3.05) is 0 Å². The molecule has 0 bridgehead atoms. The van der Waals surface area contributed by atoms with Gasteiger partial charge >= 0.3 is 11.9 Å². The van der Waals surface area contributed by atoms with Crippen LogP contribution in [0.2, 0.25) is 0 Å². The van der Waals surface area contributed by atoms with Crippen LogP contribution in [0.15, 0.2) is 11.1 Å². The van der Waals surface area contributed by atoms with Gasteiger partial charge in [0.15, 0.2) is 0 Å². The molecule has 1 N–H and O–H groups in total. The van der Waals surface area contributed by atoms with Gasteiger partial charge in [0.1, 0.15) is 0 Å². The summed E-state index contributed by atoms with van der Waals surface area (Å²) in [7, 11) is 0.306. The van der Waals surface area contributed by atoms with Gasteiger partial charge in [-0.25, -0.2) is 4.79 Å². The van der Waals surface area contributed by atoms with E-state index in [1.807, 2.05) is 13.8 Å². The third-order valence-electron chi connectivity index (χ3n) is 6.38. The van der Waals surface area contributed by atoms with E-state index >= 15 is 0 Å². The monoisotopic (exact) mass is 352 g/mol. The van der Waals surface area contributed by atoms with Crippen molar-refractivity contribution in [2.45, 2.75) is 78.1 Å². The molecular formula is C19H32O4Si. The average molecular weight is 353 g/mol. The lowest BCUT2D eigenvalue weighted by molar-refractivity contribution is -0.150. The van der Waals surface area contributed by atoms with Crippen LogP contribution in [0.3, 0.4) is 0 Å². The highest BCUT2D eigenvalue weighted by Crippen LogP contribution is 2.47. The van der Waals surface area contributed by atoms with Gasteiger partial charge in [0.2, 0.25) is 10.5 Å². The Bertz CT molecular complexity index is 501. The molecule has 0 spiro atoms. The summed E-state index contributed by atoms with van der Waals surface area (Å²) in [5, 5.41) is 10.0. The molecule has 4 nitrogen and oxygen atoms in total. The second-order valence-corrected chi connectivity index (χ2v) is 8.14. The van der Waals surface area contributed by atoms with Gasteiger partial charge in [-0.2, -0.15) is 0 Å². The minimum Gasteiger partial charge on any atom is -0.528 e. The average Bonchev–Trinajstić information content (AvgIpc) is 2.62. The van der Waals surface area contributed by atoms with Crippen molar-refractivity contribution >= 4 is 22.4 Å². The van der Waals surface area contributed by atoms with E-state index in [2.05, 4.69) is 0 Å². The van der Waals surface area contributed by atoms with E-state index in [0.29, 0.717) is 22.0 Å². The zero-order chi connectivity index (χ0) is 17.7. The van der Waals surface area contributed by atoms with Gasteiger partial charge in [-0.15, -0.1) is 0 Å². The molecule has 2 rings (SSSR count). The maximum atomic E-state index is 12.8. The van der Waals surface area contributed by atoms with Crippen molar-refractivity contribution in [3.05, 3.63) is 11.1 Å². The van der Waals surface area contributed by atoms with Crippen LogP contribution in [0, 0.1) is 17.3 Å². The van der Waals surface area contributed by atoms with E-state index in [-0.39, 0.29) is 11.9 Å². The van der Waals surface area contributed by atoms with Gasteiger partial charge < -0.3 is 9.53 Å². The van der Waals surface area contributed by atoms with Crippen LogP contribution in [0.4, 0.5) is 0 Å². The predicted molar refractivity (Wildman–Crippen MR) is 97.6 cm³/mol. The van der Waals surface area contributed by atoms with Crippen LogP contribution in [-0.2, 0) is 14.0 Å². The molecule has 1 atom stereocenters. The van der Waals surface area contributed by atoms with Gasteiger partial charge in [-0.1, -0.05) is 44.1 Å². The zero-order valence-electron chi connectivity index (χ0n) is 15.4. The van der Waals surface area contributed by atoms with Crippen LogP contribution >= 0.6 is 0 Å². The van der Waals surface area contributed by atoms with Crippen LogP contribution in [0.25, 0.3) is 0 Å². The molecule has 2 saturated carbocycles. The first-order valence-electron chi connectivity index (χ1n) is 9.45. The molecule has 0 amide bonds. The van der Waals surface area contributed by atoms with E-state index < -0.39 is 11.4 Å². The van der Waals surface area contributed by atoms with E-state index in [0.717, 1.165) is 56.9 Å². The van der Waals surface area contributed by atoms with Crippen molar-refractivity contribution in [2.24, 2.45) is 17.3 Å². The Morgan fingerprint density at radius 1 is 1.00 bits per heavy atom. The molecule has 136 valence electrons. The Balaban J connectivity index is 2.49. The summed E-state index contributed by atoms with van der Waals surface area (Å²) in [6.45, 7) is 3.78. The summed E-state index contributed by atoms with van der Waals surface area (Å²) in [6, 6.07) is 0. The molecule has 0 aromatic rings. The molecule has 0 aliphatic heterocycles. The summed E-state index contributed by atoms with van der Waals surface area (Å²) in [5.74, 6) is -0.876. The Morgan fingerprint density at radius 3 is 1.96 bits per heavy atom. The summed E-state index contributed by atoms with van der Waals surface area (Å²) in [4.78, 5) is 25.0. The number of carboxylic acids is 1. The molecule has 0 radical (unpaired) electrons. The third kappa shape index (κ3) is 3.76. The summed E-state index contributed by atoms with van der Waals surface area (Å²) in [5.41, 5.74) is 0.250. The number of hydrogen-bond acceptors (Lipinski definition) is 3. The topological polar surface area (TPSA) is 63.6 Å². The molecule has 24 heavy (non-hydrogen) atoms. The van der Waals surface area contributed by atoms with Gasteiger partial charge in [-0.3, -0.25) is 4.79 Å². The number of carbonyl (C=O) groups is 2. The van der Waals surface area contributed by atoms with E-state index in [1.54, 1.807) is 0 Å². The number of carbonyl (C=O) groups excluding carboxylic acids is 1. The smallest absolute Gasteiger partial charge is 0.332 e. The van der Waals surface area contributed by atoms with Crippen molar-refractivity contribution in [3.8, 4) is 0 Å². The first-order valence-corrected chi connectivity index (χ1v) is 10.3. The highest BCUT2D eigenvalue weighted by atomic mass is 28.2. The maximum Gasteiger partial charge on any atom is 0.332 e. The molecule has 0 heterocycles. The Kier molecular flexibility index (Phi) is 6.67. The van der Waals surface area contributed by atoms with Gasteiger partial charge in [0, 0.05) is 0 Å². The lowest BCUT2D eigenvalue weighted by Crippen LogP contribution is -2.43. The highest BCUT2D eigenvalue weighted by molar-refractivity contribution is 6.09. The fourth-order valence-electron chi connectivity index (χ4n) is 4.90. The molecule has 2 aliphatic rings. The van der Waals surface area contributed by atoms with E-state index in [1.165, 1.54) is 12.8 Å². The second kappa shape index (κ2) is 8.32. The predicted octanol–water partition coefficient (Wildman–Crippen LogP) is 3.38. The largest absolute Gasteiger partial charge is 0.528 e. The fourth-order valence-corrected chi connectivity index (χ4v) is 5.33. The Labute approximate surface area is 148 Å². The first-order chi connectivity index (χ1) is 11.4. The molecule has 0 aromatic heterocycles. The van der Waals surface area contributed by atoms with Gasteiger partial charge in [0.05, 0.1) is 11.0 Å². The van der Waals surface area contributed by atoms with E-state index in [4.69, 9.17) is 4.43 Å². The number of aliphatic carboxylic acids is 1. The molecular weight excluding hydrogens is 320 g/mol. The lowest BCUT2D eigenvalue weighted by Gasteiger charge is -2.40. The zero-order valence-corrected chi connectivity index (χ0v) is 17.4. The molecule has 0 saturated heterocycles. The third-order valence-corrected chi connectivity index (χ3v) is 6.75. The SMILES string of the molecule is CC(=C(C(=O)O)C(C)(C(=O)O[SiH3])C1CCCCC1)C1CCCCC1. The molecule has 2 aliphatic carbocycles. The van der Waals surface area contributed by atoms with Crippen molar-refractivity contribution in [3.63, 3.8) is 0 Å². The minimum atomic E-state index is -1.00. The lowest BCUT2D eigenvalue weighted by atomic mass is 9.63. The standard InChI is InChI=1S/C19H32O4Si/c1-13(14-9-5-3-6-10-14)16(17(20)21)19(2,18(22)23-24)15-11-7-4-8-12-15/h14-15H,3-12H2,1-2,24H3,(H,20,21). The number of carboxylic acid groups (broad SMARTS) is 1. The van der Waals surface area contributed by atoms with Crippen LogP contribution in [0.1, 0.15) is 78.1 Å². The summed E-state index contributed by atoms with van der Waals surface area (Å²) in [6.07, 6.45) is 10.8. The minimum absolute atomic E-state index is 0.0809. The Morgan fingerprint density at radius 2 is 1.50 bits per heavy atom. The number of rotatable bonds is 5.